The molecule has 2 rings (SSSR count). The first-order valence-electron chi connectivity index (χ1n) is 5.63. The maximum atomic E-state index is 5.78. The molecule has 1 aliphatic rings. The van der Waals surface area contributed by atoms with Gasteiger partial charge in [-0.1, -0.05) is 6.07 Å². The predicted molar refractivity (Wildman–Crippen MR) is 62.4 cm³/mol. The molecule has 2 nitrogen and oxygen atoms in total. The van der Waals surface area contributed by atoms with Gasteiger partial charge in [-0.15, -0.1) is 0 Å². The van der Waals surface area contributed by atoms with E-state index in [0.29, 0.717) is 6.04 Å². The molecule has 0 aromatic heterocycles. The summed E-state index contributed by atoms with van der Waals surface area (Å²) >= 11 is 0. The van der Waals surface area contributed by atoms with Crippen molar-refractivity contribution in [3.63, 3.8) is 0 Å². The van der Waals surface area contributed by atoms with E-state index < -0.39 is 0 Å². The second-order valence-corrected chi connectivity index (χ2v) is 4.31. The Morgan fingerprint density at radius 2 is 2.00 bits per heavy atom. The highest BCUT2D eigenvalue weighted by Crippen LogP contribution is 2.33. The number of fused-ring (bicyclic) bond motifs is 1. The van der Waals surface area contributed by atoms with Gasteiger partial charge in [0.2, 0.25) is 0 Å². The summed E-state index contributed by atoms with van der Waals surface area (Å²) in [4.78, 5) is 0. The van der Waals surface area contributed by atoms with Crippen molar-refractivity contribution in [2.24, 2.45) is 0 Å². The van der Waals surface area contributed by atoms with Gasteiger partial charge in [-0.25, -0.2) is 0 Å². The van der Waals surface area contributed by atoms with Crippen LogP contribution < -0.4 is 10.1 Å². The van der Waals surface area contributed by atoms with Gasteiger partial charge >= 0.3 is 0 Å². The molecule has 1 heterocycles. The van der Waals surface area contributed by atoms with Crippen LogP contribution in [-0.4, -0.2) is 13.7 Å². The van der Waals surface area contributed by atoms with E-state index in [9.17, 15) is 0 Å². The van der Waals surface area contributed by atoms with Gasteiger partial charge in [0.15, 0.2) is 0 Å². The maximum absolute atomic E-state index is 5.78. The van der Waals surface area contributed by atoms with Crippen LogP contribution in [0.4, 0.5) is 0 Å². The van der Waals surface area contributed by atoms with Gasteiger partial charge in [0.05, 0.1) is 6.61 Å². The zero-order valence-corrected chi connectivity index (χ0v) is 9.76. The lowest BCUT2D eigenvalue weighted by Gasteiger charge is -2.17. The lowest BCUT2D eigenvalue weighted by molar-refractivity contribution is 0.315. The van der Waals surface area contributed by atoms with Crippen molar-refractivity contribution in [2.75, 3.05) is 13.7 Å². The molecule has 82 valence electrons. The third kappa shape index (κ3) is 2.00. The predicted octanol–water partition coefficient (Wildman–Crippen LogP) is 2.74. The molecule has 0 radical (unpaired) electrons. The highest BCUT2D eigenvalue weighted by Gasteiger charge is 2.18. The lowest BCUT2D eigenvalue weighted by Crippen LogP contribution is -2.15. The van der Waals surface area contributed by atoms with Crippen molar-refractivity contribution in [3.8, 4) is 5.75 Å². The molecule has 0 spiro atoms. The van der Waals surface area contributed by atoms with E-state index in [2.05, 4.69) is 31.3 Å². The highest BCUT2D eigenvalue weighted by atomic mass is 16.5. The number of hydrogen-bond donors (Lipinski definition) is 1. The van der Waals surface area contributed by atoms with Gasteiger partial charge in [-0.3, -0.25) is 0 Å². The fraction of sp³-hybridized carbons (Fsp3) is 0.538. The summed E-state index contributed by atoms with van der Waals surface area (Å²) in [5.41, 5.74) is 3.98. The minimum absolute atomic E-state index is 0.446. The summed E-state index contributed by atoms with van der Waals surface area (Å²) in [6.45, 7) is 5.14. The van der Waals surface area contributed by atoms with Crippen LogP contribution in [0.1, 0.15) is 35.6 Å². The standard InChI is InChI=1S/C13H19NO/c1-9-7-11-12(14-3)5-4-6-15-13(11)8-10(9)2/h7-8,12,14H,4-6H2,1-3H3. The van der Waals surface area contributed by atoms with Crippen LogP contribution in [0.25, 0.3) is 0 Å². The molecule has 2 heteroatoms. The van der Waals surface area contributed by atoms with Crippen LogP contribution >= 0.6 is 0 Å². The van der Waals surface area contributed by atoms with E-state index in [4.69, 9.17) is 4.74 Å². The Morgan fingerprint density at radius 1 is 1.27 bits per heavy atom. The zero-order valence-electron chi connectivity index (χ0n) is 9.76. The van der Waals surface area contributed by atoms with Gasteiger partial charge in [0.1, 0.15) is 5.75 Å². The highest BCUT2D eigenvalue weighted by molar-refractivity contribution is 5.44. The summed E-state index contributed by atoms with van der Waals surface area (Å²) < 4.78 is 5.78. The van der Waals surface area contributed by atoms with Gasteiger partial charge in [-0.05, 0) is 50.9 Å². The molecule has 1 aliphatic heterocycles. The van der Waals surface area contributed by atoms with E-state index in [1.54, 1.807) is 0 Å². The molecule has 15 heavy (non-hydrogen) atoms. The van der Waals surface area contributed by atoms with Gasteiger partial charge in [0, 0.05) is 11.6 Å². The van der Waals surface area contributed by atoms with Gasteiger partial charge in [0.25, 0.3) is 0 Å². The third-order valence-electron chi connectivity index (χ3n) is 3.24. The molecule has 0 amide bonds. The molecular weight excluding hydrogens is 186 g/mol. The second-order valence-electron chi connectivity index (χ2n) is 4.31. The normalized spacial score (nSPS) is 20.3. The van der Waals surface area contributed by atoms with Crippen LogP contribution in [0.5, 0.6) is 5.75 Å². The topological polar surface area (TPSA) is 21.3 Å². The molecule has 1 unspecified atom stereocenters. The van der Waals surface area contributed by atoms with E-state index >= 15 is 0 Å². The Kier molecular flexibility index (Phi) is 2.96. The molecule has 1 aromatic rings. The smallest absolute Gasteiger partial charge is 0.124 e. The number of ether oxygens (including phenoxy) is 1. The average molecular weight is 205 g/mol. The SMILES string of the molecule is CNC1CCCOc2cc(C)c(C)cc21. The molecule has 0 bridgehead atoms. The largest absolute Gasteiger partial charge is 0.493 e. The third-order valence-corrected chi connectivity index (χ3v) is 3.24. The number of hydrogen-bond acceptors (Lipinski definition) is 2. The van der Waals surface area contributed by atoms with E-state index in [1.807, 2.05) is 7.05 Å². The van der Waals surface area contributed by atoms with Crippen molar-refractivity contribution < 1.29 is 4.74 Å². The molecular formula is C13H19NO. The first-order valence-corrected chi connectivity index (χ1v) is 5.63. The first kappa shape index (κ1) is 10.5. The van der Waals surface area contributed by atoms with E-state index in [1.165, 1.54) is 16.7 Å². The van der Waals surface area contributed by atoms with Crippen molar-refractivity contribution >= 4 is 0 Å². The molecule has 1 N–H and O–H groups in total. The lowest BCUT2D eigenvalue weighted by atomic mass is 9.98. The zero-order chi connectivity index (χ0) is 10.8. The minimum Gasteiger partial charge on any atom is -0.493 e. The Labute approximate surface area is 91.6 Å². The molecule has 0 aliphatic carbocycles. The summed E-state index contributed by atoms with van der Waals surface area (Å²) in [6, 6.07) is 4.87. The quantitative estimate of drug-likeness (QED) is 0.761. The van der Waals surface area contributed by atoms with Crippen LogP contribution in [-0.2, 0) is 0 Å². The van der Waals surface area contributed by atoms with Gasteiger partial charge < -0.3 is 10.1 Å². The molecule has 0 saturated heterocycles. The Hall–Kier alpha value is -1.02. The van der Waals surface area contributed by atoms with Crippen molar-refractivity contribution in [2.45, 2.75) is 32.7 Å². The number of benzene rings is 1. The second kappa shape index (κ2) is 4.23. The minimum atomic E-state index is 0.446. The Morgan fingerprint density at radius 3 is 2.73 bits per heavy atom. The number of rotatable bonds is 1. The summed E-state index contributed by atoms with van der Waals surface area (Å²) in [5.74, 6) is 1.06. The Balaban J connectivity index is 2.46. The van der Waals surface area contributed by atoms with E-state index in [0.717, 1.165) is 25.2 Å². The van der Waals surface area contributed by atoms with Crippen LogP contribution in [0.3, 0.4) is 0 Å². The van der Waals surface area contributed by atoms with Crippen molar-refractivity contribution in [1.82, 2.24) is 5.32 Å². The number of nitrogens with one attached hydrogen (secondary N) is 1. The first-order chi connectivity index (χ1) is 7.22. The number of aryl methyl sites for hydroxylation is 2. The molecule has 0 fully saturated rings. The van der Waals surface area contributed by atoms with Gasteiger partial charge in [-0.2, -0.15) is 0 Å². The maximum Gasteiger partial charge on any atom is 0.124 e. The Bertz CT molecular complexity index is 360. The summed E-state index contributed by atoms with van der Waals surface area (Å²) in [5, 5.41) is 3.37. The molecule has 0 saturated carbocycles. The fourth-order valence-electron chi connectivity index (χ4n) is 2.13. The van der Waals surface area contributed by atoms with Crippen LogP contribution in [0.2, 0.25) is 0 Å². The average Bonchev–Trinajstić information content (AvgIpc) is 2.41. The molecule has 1 aromatic carbocycles. The van der Waals surface area contributed by atoms with Crippen molar-refractivity contribution in [3.05, 3.63) is 28.8 Å². The van der Waals surface area contributed by atoms with Crippen LogP contribution in [0, 0.1) is 13.8 Å². The van der Waals surface area contributed by atoms with Crippen LogP contribution in [0.15, 0.2) is 12.1 Å². The monoisotopic (exact) mass is 205 g/mol. The molecule has 1 atom stereocenters. The fourth-order valence-corrected chi connectivity index (χ4v) is 2.13. The summed E-state index contributed by atoms with van der Waals surface area (Å²) in [6.07, 6.45) is 2.28. The van der Waals surface area contributed by atoms with Crippen molar-refractivity contribution in [1.29, 1.82) is 0 Å². The van der Waals surface area contributed by atoms with E-state index in [-0.39, 0.29) is 0 Å². The summed E-state index contributed by atoms with van der Waals surface area (Å²) in [7, 11) is 2.02.